The van der Waals surface area contributed by atoms with E-state index in [9.17, 15) is 14.7 Å². The number of amides is 2. The lowest BCUT2D eigenvalue weighted by Gasteiger charge is -2.36. The standard InChI is InChI=1S/C20H29N3O3/c1-15-5-6-17(10-16(15)2)11-22-8-9-23(14-20(22)26)19(25)13-21-7-3-4-18(24)12-21/h5-6,10,18,24H,3-4,7-9,11-14H2,1-2H3/t18-/m1/s1. The molecule has 1 aromatic rings. The molecule has 2 aliphatic heterocycles. The molecule has 142 valence electrons. The maximum Gasteiger partial charge on any atom is 0.242 e. The van der Waals surface area contributed by atoms with E-state index >= 15 is 0 Å². The number of aryl methyl sites for hydroxylation is 2. The third kappa shape index (κ3) is 4.62. The van der Waals surface area contributed by atoms with Gasteiger partial charge in [-0.1, -0.05) is 18.2 Å². The number of aliphatic hydroxyl groups excluding tert-OH is 1. The highest BCUT2D eigenvalue weighted by Gasteiger charge is 2.29. The molecule has 0 aliphatic carbocycles. The van der Waals surface area contributed by atoms with Crippen molar-refractivity contribution >= 4 is 11.8 Å². The van der Waals surface area contributed by atoms with E-state index < -0.39 is 0 Å². The van der Waals surface area contributed by atoms with E-state index in [0.717, 1.165) is 24.9 Å². The molecule has 0 aromatic heterocycles. The average molecular weight is 359 g/mol. The molecule has 2 aliphatic rings. The minimum atomic E-state index is -0.340. The largest absolute Gasteiger partial charge is 0.392 e. The molecule has 2 heterocycles. The maximum atomic E-state index is 12.5. The van der Waals surface area contributed by atoms with Crippen LogP contribution in [0.2, 0.25) is 0 Å². The van der Waals surface area contributed by atoms with E-state index in [-0.39, 0.29) is 24.5 Å². The number of nitrogens with zero attached hydrogens (tertiary/aromatic N) is 3. The summed E-state index contributed by atoms with van der Waals surface area (Å²) in [7, 11) is 0. The number of aliphatic hydroxyl groups is 1. The van der Waals surface area contributed by atoms with Gasteiger partial charge in [0.25, 0.3) is 0 Å². The van der Waals surface area contributed by atoms with Crippen molar-refractivity contribution < 1.29 is 14.7 Å². The highest BCUT2D eigenvalue weighted by Crippen LogP contribution is 2.15. The molecule has 3 rings (SSSR count). The lowest BCUT2D eigenvalue weighted by molar-refractivity contribution is -0.146. The molecular weight excluding hydrogens is 330 g/mol. The van der Waals surface area contributed by atoms with Crippen molar-refractivity contribution in [1.82, 2.24) is 14.7 Å². The molecule has 2 saturated heterocycles. The Bertz CT molecular complexity index is 676. The van der Waals surface area contributed by atoms with Gasteiger partial charge in [0.05, 0.1) is 19.2 Å². The Kier molecular flexibility index (Phi) is 5.94. The normalized spacial score (nSPS) is 22.0. The number of piperazine rings is 1. The maximum absolute atomic E-state index is 12.5. The first-order valence-electron chi connectivity index (χ1n) is 9.44. The zero-order chi connectivity index (χ0) is 18.7. The molecule has 0 bridgehead atoms. The van der Waals surface area contributed by atoms with E-state index in [1.165, 1.54) is 11.1 Å². The lowest BCUT2D eigenvalue weighted by Crippen LogP contribution is -2.54. The monoisotopic (exact) mass is 359 g/mol. The van der Waals surface area contributed by atoms with Gasteiger partial charge in [-0.3, -0.25) is 14.5 Å². The first-order chi connectivity index (χ1) is 12.4. The van der Waals surface area contributed by atoms with Crippen molar-refractivity contribution in [2.75, 3.05) is 39.3 Å². The first kappa shape index (κ1) is 18.9. The molecule has 1 atom stereocenters. The SMILES string of the molecule is Cc1ccc(CN2CCN(C(=O)CN3CCC[C@@H](O)C3)CC2=O)cc1C. The Morgan fingerprint density at radius 2 is 2.00 bits per heavy atom. The van der Waals surface area contributed by atoms with Crippen LogP contribution in [0.25, 0.3) is 0 Å². The first-order valence-corrected chi connectivity index (χ1v) is 9.44. The third-order valence-corrected chi connectivity index (χ3v) is 5.46. The lowest BCUT2D eigenvalue weighted by atomic mass is 10.1. The molecule has 2 amide bonds. The van der Waals surface area contributed by atoms with Crippen molar-refractivity contribution in [3.05, 3.63) is 34.9 Å². The summed E-state index contributed by atoms with van der Waals surface area (Å²) >= 11 is 0. The Balaban J connectivity index is 1.52. The van der Waals surface area contributed by atoms with Crippen molar-refractivity contribution in [3.63, 3.8) is 0 Å². The Hall–Kier alpha value is -1.92. The van der Waals surface area contributed by atoms with E-state index in [1.54, 1.807) is 4.90 Å². The van der Waals surface area contributed by atoms with Crippen LogP contribution in [0.5, 0.6) is 0 Å². The van der Waals surface area contributed by atoms with Crippen LogP contribution in [0.4, 0.5) is 0 Å². The summed E-state index contributed by atoms with van der Waals surface area (Å²) in [6.45, 7) is 7.73. The van der Waals surface area contributed by atoms with Gasteiger partial charge in [-0.15, -0.1) is 0 Å². The fourth-order valence-corrected chi connectivity index (χ4v) is 3.68. The summed E-state index contributed by atoms with van der Waals surface area (Å²) < 4.78 is 0. The predicted molar refractivity (Wildman–Crippen MR) is 99.6 cm³/mol. The molecule has 2 fully saturated rings. The molecule has 0 saturated carbocycles. The number of carbonyl (C=O) groups excluding carboxylic acids is 2. The topological polar surface area (TPSA) is 64.1 Å². The average Bonchev–Trinajstić information content (AvgIpc) is 2.60. The number of hydrogen-bond acceptors (Lipinski definition) is 4. The fraction of sp³-hybridized carbons (Fsp3) is 0.600. The van der Waals surface area contributed by atoms with Gasteiger partial charge in [0.2, 0.25) is 11.8 Å². The summed E-state index contributed by atoms with van der Waals surface area (Å²) in [5, 5.41) is 9.73. The predicted octanol–water partition coefficient (Wildman–Crippen LogP) is 0.931. The summed E-state index contributed by atoms with van der Waals surface area (Å²) in [5.41, 5.74) is 3.61. The number of carbonyl (C=O) groups is 2. The molecule has 0 radical (unpaired) electrons. The van der Waals surface area contributed by atoms with Gasteiger partial charge in [0, 0.05) is 26.2 Å². The summed E-state index contributed by atoms with van der Waals surface area (Å²) in [6, 6.07) is 6.28. The minimum Gasteiger partial charge on any atom is -0.392 e. The number of benzene rings is 1. The van der Waals surface area contributed by atoms with Gasteiger partial charge < -0.3 is 14.9 Å². The van der Waals surface area contributed by atoms with Gasteiger partial charge in [0.1, 0.15) is 0 Å². The van der Waals surface area contributed by atoms with Crippen LogP contribution in [0, 0.1) is 13.8 Å². The highest BCUT2D eigenvalue weighted by molar-refractivity contribution is 5.86. The van der Waals surface area contributed by atoms with E-state index in [0.29, 0.717) is 32.7 Å². The molecule has 6 heteroatoms. The van der Waals surface area contributed by atoms with Gasteiger partial charge in [-0.25, -0.2) is 0 Å². The van der Waals surface area contributed by atoms with E-state index in [4.69, 9.17) is 0 Å². The van der Waals surface area contributed by atoms with Crippen LogP contribution in [-0.4, -0.2) is 77.0 Å². The highest BCUT2D eigenvalue weighted by atomic mass is 16.3. The molecule has 0 spiro atoms. The molecule has 0 unspecified atom stereocenters. The number of β-amino-alcohol motifs (C(OH)–C–C–N with tert-alkyl or cyclic N) is 1. The van der Waals surface area contributed by atoms with Crippen LogP contribution < -0.4 is 0 Å². The van der Waals surface area contributed by atoms with Crippen molar-refractivity contribution in [3.8, 4) is 0 Å². The van der Waals surface area contributed by atoms with E-state index in [2.05, 4.69) is 32.0 Å². The summed E-state index contributed by atoms with van der Waals surface area (Å²) in [5.74, 6) is -0.0141. The van der Waals surface area contributed by atoms with Crippen molar-refractivity contribution in [1.29, 1.82) is 0 Å². The van der Waals surface area contributed by atoms with Crippen LogP contribution in [0.3, 0.4) is 0 Å². The molecule has 6 nitrogen and oxygen atoms in total. The van der Waals surface area contributed by atoms with Crippen molar-refractivity contribution in [2.24, 2.45) is 0 Å². The Labute approximate surface area is 155 Å². The fourth-order valence-electron chi connectivity index (χ4n) is 3.68. The van der Waals surface area contributed by atoms with Crippen molar-refractivity contribution in [2.45, 2.75) is 39.3 Å². The molecule has 26 heavy (non-hydrogen) atoms. The summed E-state index contributed by atoms with van der Waals surface area (Å²) in [4.78, 5) is 30.5. The number of likely N-dealkylation sites (tertiary alicyclic amines) is 1. The van der Waals surface area contributed by atoms with Crippen LogP contribution in [0.1, 0.15) is 29.5 Å². The second kappa shape index (κ2) is 8.18. The number of hydrogen-bond donors (Lipinski definition) is 1. The second-order valence-electron chi connectivity index (χ2n) is 7.58. The van der Waals surface area contributed by atoms with Crippen LogP contribution >= 0.6 is 0 Å². The zero-order valence-electron chi connectivity index (χ0n) is 15.8. The smallest absolute Gasteiger partial charge is 0.242 e. The molecule has 1 N–H and O–H groups in total. The van der Waals surface area contributed by atoms with Gasteiger partial charge in [0.15, 0.2) is 0 Å². The summed E-state index contributed by atoms with van der Waals surface area (Å²) in [6.07, 6.45) is 1.38. The quantitative estimate of drug-likeness (QED) is 0.869. The van der Waals surface area contributed by atoms with E-state index in [1.807, 2.05) is 9.80 Å². The minimum absolute atomic E-state index is 0.00140. The third-order valence-electron chi connectivity index (χ3n) is 5.46. The van der Waals surface area contributed by atoms with Crippen LogP contribution in [0.15, 0.2) is 18.2 Å². The Morgan fingerprint density at radius 3 is 2.69 bits per heavy atom. The number of piperidine rings is 1. The van der Waals surface area contributed by atoms with Crippen LogP contribution in [-0.2, 0) is 16.1 Å². The van der Waals surface area contributed by atoms with Gasteiger partial charge >= 0.3 is 0 Å². The molecular formula is C20H29N3O3. The molecule has 1 aromatic carbocycles. The Morgan fingerprint density at radius 1 is 1.19 bits per heavy atom. The van der Waals surface area contributed by atoms with Gasteiger partial charge in [-0.2, -0.15) is 0 Å². The number of rotatable bonds is 4. The zero-order valence-corrected chi connectivity index (χ0v) is 15.8. The second-order valence-corrected chi connectivity index (χ2v) is 7.58. The van der Waals surface area contributed by atoms with Gasteiger partial charge in [-0.05, 0) is 49.9 Å².